The molecule has 3 aromatic carbocycles. The van der Waals surface area contributed by atoms with Gasteiger partial charge in [-0.2, -0.15) is 0 Å². The third-order valence-electron chi connectivity index (χ3n) is 5.19. The molecule has 0 atom stereocenters. The molecule has 3 aromatic rings. The molecule has 1 aliphatic heterocycles. The predicted octanol–water partition coefficient (Wildman–Crippen LogP) is 4.12. The molecule has 0 aromatic heterocycles. The molecule has 8 heteroatoms. The highest BCUT2D eigenvalue weighted by Crippen LogP contribution is 2.34. The van der Waals surface area contributed by atoms with Crippen molar-refractivity contribution in [1.29, 1.82) is 0 Å². The molecule has 1 aliphatic rings. The zero-order valence-electron chi connectivity index (χ0n) is 17.9. The van der Waals surface area contributed by atoms with Gasteiger partial charge in [-0.05, 0) is 55.3 Å². The summed E-state index contributed by atoms with van der Waals surface area (Å²) in [5.41, 5.74) is 2.94. The molecule has 0 spiro atoms. The number of nitrogens with zero attached hydrogens (tertiary/aromatic N) is 1. The molecule has 166 valence electrons. The monoisotopic (exact) mass is 452 g/mol. The second-order valence-corrected chi connectivity index (χ2v) is 9.32. The summed E-state index contributed by atoms with van der Waals surface area (Å²) in [6.07, 6.45) is 0.829. The van der Waals surface area contributed by atoms with Gasteiger partial charge in [0, 0.05) is 11.8 Å². The van der Waals surface area contributed by atoms with E-state index in [-0.39, 0.29) is 18.2 Å². The zero-order chi connectivity index (χ0) is 22.7. The number of fused-ring (bicyclic) bond motifs is 1. The van der Waals surface area contributed by atoms with Crippen molar-refractivity contribution in [1.82, 2.24) is 0 Å². The number of hydrogen-bond donors (Lipinski definition) is 1. The first kappa shape index (κ1) is 21.7. The van der Waals surface area contributed by atoms with Crippen molar-refractivity contribution < 1.29 is 22.7 Å². The smallest absolute Gasteiger partial charge is 0.264 e. The maximum absolute atomic E-state index is 13.4. The topological polar surface area (TPSA) is 84.9 Å². The van der Waals surface area contributed by atoms with Crippen LogP contribution in [0.25, 0.3) is 0 Å². The molecule has 0 fully saturated rings. The maximum atomic E-state index is 13.4. The Labute approximate surface area is 187 Å². The van der Waals surface area contributed by atoms with Crippen LogP contribution < -0.4 is 19.1 Å². The first-order chi connectivity index (χ1) is 15.4. The Morgan fingerprint density at radius 3 is 2.34 bits per heavy atom. The van der Waals surface area contributed by atoms with Gasteiger partial charge < -0.3 is 14.8 Å². The number of nitrogens with one attached hydrogen (secondary N) is 1. The lowest BCUT2D eigenvalue weighted by atomic mass is 10.1. The summed E-state index contributed by atoms with van der Waals surface area (Å²) in [4.78, 5) is 13.0. The Morgan fingerprint density at radius 2 is 1.66 bits per heavy atom. The number of sulfonamides is 1. The number of aryl methyl sites for hydroxylation is 2. The van der Waals surface area contributed by atoms with Crippen LogP contribution in [0.15, 0.2) is 71.6 Å². The molecule has 0 unspecified atom stereocenters. The molecular formula is C24H24N2O5S. The highest BCUT2D eigenvalue weighted by molar-refractivity contribution is 7.92. The fourth-order valence-electron chi connectivity index (χ4n) is 3.36. The highest BCUT2D eigenvalue weighted by atomic mass is 32.2. The molecule has 1 N–H and O–H groups in total. The van der Waals surface area contributed by atoms with Crippen molar-refractivity contribution in [2.45, 2.75) is 25.2 Å². The van der Waals surface area contributed by atoms with Gasteiger partial charge in [0.2, 0.25) is 12.7 Å². The molecule has 32 heavy (non-hydrogen) atoms. The zero-order valence-corrected chi connectivity index (χ0v) is 18.7. The lowest BCUT2D eigenvalue weighted by molar-refractivity contribution is -0.114. The van der Waals surface area contributed by atoms with Crippen LogP contribution in [0, 0.1) is 6.92 Å². The summed E-state index contributed by atoms with van der Waals surface area (Å²) in [5.74, 6) is 0.656. The average molecular weight is 453 g/mol. The summed E-state index contributed by atoms with van der Waals surface area (Å²) in [5, 5.41) is 2.75. The number of amides is 1. The highest BCUT2D eigenvalue weighted by Gasteiger charge is 2.27. The van der Waals surface area contributed by atoms with Crippen LogP contribution in [-0.4, -0.2) is 27.7 Å². The fraction of sp³-hybridized carbons (Fsp3) is 0.208. The number of anilines is 2. The van der Waals surface area contributed by atoms with Gasteiger partial charge in [0.05, 0.1) is 10.6 Å². The first-order valence-electron chi connectivity index (χ1n) is 10.2. The number of hydrogen-bond acceptors (Lipinski definition) is 5. The first-order valence-corrected chi connectivity index (χ1v) is 11.7. The lowest BCUT2D eigenvalue weighted by Crippen LogP contribution is -2.38. The maximum Gasteiger partial charge on any atom is 0.264 e. The van der Waals surface area contributed by atoms with Crippen LogP contribution in [0.1, 0.15) is 18.1 Å². The van der Waals surface area contributed by atoms with Gasteiger partial charge in [-0.3, -0.25) is 9.10 Å². The third kappa shape index (κ3) is 4.55. The molecule has 4 rings (SSSR count). The predicted molar refractivity (Wildman–Crippen MR) is 123 cm³/mol. The minimum atomic E-state index is -3.96. The van der Waals surface area contributed by atoms with E-state index in [1.165, 1.54) is 0 Å². The van der Waals surface area contributed by atoms with Crippen molar-refractivity contribution in [3.63, 3.8) is 0 Å². The molecule has 1 amide bonds. The minimum absolute atomic E-state index is 0.124. The molecular weight excluding hydrogens is 428 g/mol. The molecule has 0 saturated heterocycles. The Hall–Kier alpha value is -3.52. The van der Waals surface area contributed by atoms with E-state index >= 15 is 0 Å². The standard InChI is InChI=1S/C24H24N2O5S/c1-3-18-6-9-20(10-7-18)26(32(28,29)21-11-4-17(2)5-12-21)15-24(27)25-19-8-13-22-23(14-19)31-16-30-22/h4-14H,3,15-16H2,1-2H3,(H,25,27). The van der Waals surface area contributed by atoms with Crippen molar-refractivity contribution in [3.05, 3.63) is 77.9 Å². The second-order valence-electron chi connectivity index (χ2n) is 7.46. The van der Waals surface area contributed by atoms with Crippen molar-refractivity contribution >= 4 is 27.3 Å². The summed E-state index contributed by atoms with van der Waals surface area (Å²) in [7, 11) is -3.96. The summed E-state index contributed by atoms with van der Waals surface area (Å²) >= 11 is 0. The molecule has 0 bridgehead atoms. The second kappa shape index (κ2) is 8.92. The van der Waals surface area contributed by atoms with Crippen LogP contribution in [0.2, 0.25) is 0 Å². The molecule has 7 nitrogen and oxygen atoms in total. The number of rotatable bonds is 7. The molecule has 0 radical (unpaired) electrons. The number of ether oxygens (including phenoxy) is 2. The van der Waals surface area contributed by atoms with E-state index < -0.39 is 15.9 Å². The van der Waals surface area contributed by atoms with Crippen LogP contribution in [0.4, 0.5) is 11.4 Å². The largest absolute Gasteiger partial charge is 0.454 e. The van der Waals surface area contributed by atoms with E-state index in [0.29, 0.717) is 22.9 Å². The van der Waals surface area contributed by atoms with E-state index in [9.17, 15) is 13.2 Å². The van der Waals surface area contributed by atoms with Gasteiger partial charge in [0.25, 0.3) is 10.0 Å². The van der Waals surface area contributed by atoms with E-state index in [1.54, 1.807) is 54.6 Å². The van der Waals surface area contributed by atoms with Crippen molar-refractivity contribution in [2.24, 2.45) is 0 Å². The Kier molecular flexibility index (Phi) is 6.05. The van der Waals surface area contributed by atoms with Crippen LogP contribution in [0.3, 0.4) is 0 Å². The van der Waals surface area contributed by atoms with Crippen LogP contribution in [-0.2, 0) is 21.2 Å². The Balaban J connectivity index is 1.62. The van der Waals surface area contributed by atoms with Crippen LogP contribution in [0.5, 0.6) is 11.5 Å². The van der Waals surface area contributed by atoms with Crippen molar-refractivity contribution in [2.75, 3.05) is 23.0 Å². The van der Waals surface area contributed by atoms with Gasteiger partial charge >= 0.3 is 0 Å². The van der Waals surface area contributed by atoms with E-state index in [4.69, 9.17) is 9.47 Å². The number of carbonyl (C=O) groups excluding carboxylic acids is 1. The average Bonchev–Trinajstić information content (AvgIpc) is 3.26. The lowest BCUT2D eigenvalue weighted by Gasteiger charge is -2.24. The SMILES string of the molecule is CCc1ccc(N(CC(=O)Nc2ccc3c(c2)OCO3)S(=O)(=O)c2ccc(C)cc2)cc1. The van der Waals surface area contributed by atoms with E-state index in [2.05, 4.69) is 5.32 Å². The van der Waals surface area contributed by atoms with E-state index in [1.807, 2.05) is 26.0 Å². The summed E-state index contributed by atoms with van der Waals surface area (Å²) < 4.78 is 38.6. The molecule has 1 heterocycles. The van der Waals surface area contributed by atoms with Gasteiger partial charge in [-0.25, -0.2) is 8.42 Å². The number of carbonyl (C=O) groups is 1. The third-order valence-corrected chi connectivity index (χ3v) is 6.97. The molecule has 0 saturated carbocycles. The Bertz CT molecular complexity index is 1220. The van der Waals surface area contributed by atoms with Crippen molar-refractivity contribution in [3.8, 4) is 11.5 Å². The normalized spacial score (nSPS) is 12.4. The summed E-state index contributed by atoms with van der Waals surface area (Å²) in [6, 6.07) is 18.8. The van der Waals surface area contributed by atoms with Gasteiger partial charge in [0.15, 0.2) is 11.5 Å². The number of benzene rings is 3. The van der Waals surface area contributed by atoms with Gasteiger partial charge in [-0.1, -0.05) is 36.8 Å². The van der Waals surface area contributed by atoms with E-state index in [0.717, 1.165) is 21.9 Å². The molecule has 0 aliphatic carbocycles. The quantitative estimate of drug-likeness (QED) is 0.583. The Morgan fingerprint density at radius 1 is 0.969 bits per heavy atom. The van der Waals surface area contributed by atoms with Gasteiger partial charge in [-0.15, -0.1) is 0 Å². The minimum Gasteiger partial charge on any atom is -0.454 e. The van der Waals surface area contributed by atoms with Crippen LogP contribution >= 0.6 is 0 Å². The van der Waals surface area contributed by atoms with Gasteiger partial charge in [0.1, 0.15) is 6.54 Å². The summed E-state index contributed by atoms with van der Waals surface area (Å²) in [6.45, 7) is 3.66. The fourth-order valence-corrected chi connectivity index (χ4v) is 4.78.